The van der Waals surface area contributed by atoms with Gasteiger partial charge >= 0.3 is 0 Å². The molecule has 1 atom stereocenters. The van der Waals surface area contributed by atoms with Crippen molar-refractivity contribution < 1.29 is 9.53 Å². The number of nitrogens with one attached hydrogen (secondary N) is 1. The Hall–Kier alpha value is -0.610. The molecule has 1 amide bonds. The summed E-state index contributed by atoms with van der Waals surface area (Å²) in [4.78, 5) is 11.1. The lowest BCUT2D eigenvalue weighted by molar-refractivity contribution is -0.125. The van der Waals surface area contributed by atoms with Crippen LogP contribution < -0.4 is 11.1 Å². The smallest absolute Gasteiger partial charge is 0.246 e. The van der Waals surface area contributed by atoms with Crippen LogP contribution in [0.5, 0.6) is 0 Å². The third kappa shape index (κ3) is 6.54. The van der Waals surface area contributed by atoms with Gasteiger partial charge in [0.2, 0.25) is 5.91 Å². The maximum absolute atomic E-state index is 11.1. The first-order valence-corrected chi connectivity index (χ1v) is 4.73. The zero-order valence-electron chi connectivity index (χ0n) is 8.51. The summed E-state index contributed by atoms with van der Waals surface area (Å²) >= 11 is 0. The summed E-state index contributed by atoms with van der Waals surface area (Å²) in [5.41, 5.74) is 5.50. The Labute approximate surface area is 79.8 Å². The minimum Gasteiger partial charge on any atom is -0.375 e. The number of hydrogen-bond acceptors (Lipinski definition) is 3. The Morgan fingerprint density at radius 1 is 1.62 bits per heavy atom. The highest BCUT2D eigenvalue weighted by atomic mass is 16.5. The SMILES string of the molecule is CCCCC(CN)NC(=O)COC. The summed E-state index contributed by atoms with van der Waals surface area (Å²) in [7, 11) is 1.50. The summed E-state index contributed by atoms with van der Waals surface area (Å²) in [5.74, 6) is -0.0888. The lowest BCUT2D eigenvalue weighted by Gasteiger charge is -2.15. The van der Waals surface area contributed by atoms with E-state index < -0.39 is 0 Å². The van der Waals surface area contributed by atoms with Crippen LogP contribution in [0.2, 0.25) is 0 Å². The topological polar surface area (TPSA) is 64.3 Å². The van der Waals surface area contributed by atoms with Gasteiger partial charge in [0.1, 0.15) is 6.61 Å². The average molecular weight is 188 g/mol. The lowest BCUT2D eigenvalue weighted by atomic mass is 10.1. The number of carbonyl (C=O) groups is 1. The van der Waals surface area contributed by atoms with Crippen LogP contribution in [0.3, 0.4) is 0 Å². The highest BCUT2D eigenvalue weighted by Crippen LogP contribution is 1.98. The van der Waals surface area contributed by atoms with E-state index in [2.05, 4.69) is 12.2 Å². The molecule has 0 heterocycles. The fourth-order valence-electron chi connectivity index (χ4n) is 1.10. The summed E-state index contributed by atoms with van der Waals surface area (Å²) in [6.45, 7) is 2.72. The Balaban J connectivity index is 3.62. The Morgan fingerprint density at radius 3 is 2.77 bits per heavy atom. The zero-order valence-corrected chi connectivity index (χ0v) is 8.51. The standard InChI is InChI=1S/C9H20N2O2/c1-3-4-5-8(6-10)11-9(12)7-13-2/h8H,3-7,10H2,1-2H3,(H,11,12). The normalized spacial score (nSPS) is 12.5. The third-order valence-corrected chi connectivity index (χ3v) is 1.83. The number of rotatable bonds is 7. The van der Waals surface area contributed by atoms with Crippen LogP contribution >= 0.6 is 0 Å². The maximum Gasteiger partial charge on any atom is 0.246 e. The predicted octanol–water partition coefficient (Wildman–Crippen LogP) is 0.267. The molecule has 78 valence electrons. The van der Waals surface area contributed by atoms with Crippen molar-refractivity contribution in [3.8, 4) is 0 Å². The van der Waals surface area contributed by atoms with E-state index in [4.69, 9.17) is 10.5 Å². The number of unbranched alkanes of at least 4 members (excludes halogenated alkanes) is 1. The summed E-state index contributed by atoms with van der Waals surface area (Å²) < 4.78 is 4.70. The van der Waals surface area contributed by atoms with Crippen molar-refractivity contribution in [2.45, 2.75) is 32.2 Å². The number of ether oxygens (including phenoxy) is 1. The van der Waals surface area contributed by atoms with Gasteiger partial charge in [0.05, 0.1) is 0 Å². The molecule has 0 fully saturated rings. The summed E-state index contributed by atoms with van der Waals surface area (Å²) in [6.07, 6.45) is 3.16. The molecule has 4 heteroatoms. The van der Waals surface area contributed by atoms with Gasteiger partial charge < -0.3 is 15.8 Å². The molecule has 0 aromatic heterocycles. The van der Waals surface area contributed by atoms with Gasteiger partial charge in [-0.1, -0.05) is 19.8 Å². The van der Waals surface area contributed by atoms with E-state index in [0.717, 1.165) is 19.3 Å². The fourth-order valence-corrected chi connectivity index (χ4v) is 1.10. The number of hydrogen-bond donors (Lipinski definition) is 2. The lowest BCUT2D eigenvalue weighted by Crippen LogP contribution is -2.41. The van der Waals surface area contributed by atoms with Crippen LogP contribution in [0.15, 0.2) is 0 Å². The van der Waals surface area contributed by atoms with E-state index in [9.17, 15) is 4.79 Å². The van der Waals surface area contributed by atoms with Gasteiger partial charge in [-0.3, -0.25) is 4.79 Å². The second kappa shape index (κ2) is 8.01. The molecular weight excluding hydrogens is 168 g/mol. The Morgan fingerprint density at radius 2 is 2.31 bits per heavy atom. The van der Waals surface area contributed by atoms with Crippen molar-refractivity contribution in [3.63, 3.8) is 0 Å². The van der Waals surface area contributed by atoms with Crippen LogP contribution in [-0.2, 0) is 9.53 Å². The molecule has 0 rings (SSSR count). The van der Waals surface area contributed by atoms with Gasteiger partial charge in [-0.15, -0.1) is 0 Å². The first-order valence-electron chi connectivity index (χ1n) is 4.73. The van der Waals surface area contributed by atoms with Crippen molar-refractivity contribution in [1.82, 2.24) is 5.32 Å². The molecule has 0 bridgehead atoms. The van der Waals surface area contributed by atoms with Crippen molar-refractivity contribution in [3.05, 3.63) is 0 Å². The molecule has 0 aromatic rings. The van der Waals surface area contributed by atoms with E-state index in [1.165, 1.54) is 7.11 Å². The van der Waals surface area contributed by atoms with Gasteiger partial charge in [-0.25, -0.2) is 0 Å². The molecule has 0 saturated heterocycles. The highest BCUT2D eigenvalue weighted by molar-refractivity contribution is 5.77. The molecule has 0 saturated carbocycles. The van der Waals surface area contributed by atoms with Crippen LogP contribution in [0.25, 0.3) is 0 Å². The van der Waals surface area contributed by atoms with Gasteiger partial charge in [-0.2, -0.15) is 0 Å². The molecule has 4 nitrogen and oxygen atoms in total. The molecule has 0 aliphatic heterocycles. The minimum atomic E-state index is -0.0888. The van der Waals surface area contributed by atoms with E-state index >= 15 is 0 Å². The van der Waals surface area contributed by atoms with Crippen molar-refractivity contribution in [2.75, 3.05) is 20.3 Å². The first kappa shape index (κ1) is 12.4. The van der Waals surface area contributed by atoms with Gasteiger partial charge in [0, 0.05) is 19.7 Å². The Bertz CT molecular complexity index is 140. The average Bonchev–Trinajstić information content (AvgIpc) is 2.12. The highest BCUT2D eigenvalue weighted by Gasteiger charge is 2.08. The van der Waals surface area contributed by atoms with E-state index in [-0.39, 0.29) is 18.6 Å². The molecule has 0 spiro atoms. The van der Waals surface area contributed by atoms with Gasteiger partial charge in [-0.05, 0) is 6.42 Å². The molecule has 3 N–H and O–H groups in total. The molecular formula is C9H20N2O2. The van der Waals surface area contributed by atoms with Gasteiger partial charge in [0.15, 0.2) is 0 Å². The largest absolute Gasteiger partial charge is 0.375 e. The third-order valence-electron chi connectivity index (χ3n) is 1.83. The van der Waals surface area contributed by atoms with Crippen LogP contribution in [0.4, 0.5) is 0 Å². The monoisotopic (exact) mass is 188 g/mol. The second-order valence-electron chi connectivity index (χ2n) is 3.08. The van der Waals surface area contributed by atoms with Gasteiger partial charge in [0.25, 0.3) is 0 Å². The molecule has 1 unspecified atom stereocenters. The van der Waals surface area contributed by atoms with Crippen molar-refractivity contribution in [1.29, 1.82) is 0 Å². The second-order valence-corrected chi connectivity index (χ2v) is 3.08. The number of methoxy groups -OCH3 is 1. The van der Waals surface area contributed by atoms with Crippen LogP contribution in [0.1, 0.15) is 26.2 Å². The first-order chi connectivity index (χ1) is 6.24. The van der Waals surface area contributed by atoms with E-state index in [1.807, 2.05) is 0 Å². The predicted molar refractivity (Wildman–Crippen MR) is 52.4 cm³/mol. The quantitative estimate of drug-likeness (QED) is 0.602. The molecule has 0 aliphatic carbocycles. The minimum absolute atomic E-state index is 0.0888. The summed E-state index contributed by atoms with van der Waals surface area (Å²) in [5, 5.41) is 2.81. The van der Waals surface area contributed by atoms with Crippen LogP contribution in [-0.4, -0.2) is 32.2 Å². The molecule has 13 heavy (non-hydrogen) atoms. The zero-order chi connectivity index (χ0) is 10.1. The molecule has 0 aromatic carbocycles. The molecule has 0 radical (unpaired) electrons. The Kier molecular flexibility index (Phi) is 7.63. The number of carbonyl (C=O) groups excluding carboxylic acids is 1. The number of nitrogens with two attached hydrogens (primary N) is 1. The summed E-state index contributed by atoms with van der Waals surface area (Å²) in [6, 6.07) is 0.0996. The molecule has 0 aliphatic rings. The van der Waals surface area contributed by atoms with Crippen molar-refractivity contribution in [2.24, 2.45) is 5.73 Å². The van der Waals surface area contributed by atoms with Crippen LogP contribution in [0, 0.1) is 0 Å². The number of amides is 1. The fraction of sp³-hybridized carbons (Fsp3) is 0.889. The van der Waals surface area contributed by atoms with Crippen molar-refractivity contribution >= 4 is 5.91 Å². The van der Waals surface area contributed by atoms with E-state index in [1.54, 1.807) is 0 Å². The maximum atomic E-state index is 11.1. The van der Waals surface area contributed by atoms with E-state index in [0.29, 0.717) is 6.54 Å².